The molecule has 2 heteroatoms. The molecule has 1 heterocycles. The third-order valence-electron chi connectivity index (χ3n) is 1.70. The van der Waals surface area contributed by atoms with E-state index in [0.29, 0.717) is 0 Å². The van der Waals surface area contributed by atoms with E-state index in [1.54, 1.807) is 0 Å². The number of rotatable bonds is 1. The van der Waals surface area contributed by atoms with Gasteiger partial charge in [-0.1, -0.05) is 31.2 Å². The van der Waals surface area contributed by atoms with Crippen molar-refractivity contribution in [3.8, 4) is 0 Å². The number of nitrogens with zero attached hydrogens (tertiary/aromatic N) is 1. The molecule has 14 heavy (non-hydrogen) atoms. The lowest BCUT2D eigenvalue weighted by molar-refractivity contribution is 1.10. The fourth-order valence-electron chi connectivity index (χ4n) is 1.02. The lowest BCUT2D eigenvalue weighted by atomic mass is 10.2. The van der Waals surface area contributed by atoms with Crippen molar-refractivity contribution in [2.45, 2.75) is 13.3 Å². The number of pyridine rings is 1. The van der Waals surface area contributed by atoms with Gasteiger partial charge >= 0.3 is 0 Å². The maximum atomic E-state index is 5.19. The monoisotopic (exact) mass is 207 g/mol. The molecule has 0 spiro atoms. The van der Waals surface area contributed by atoms with E-state index in [-0.39, 0.29) is 0 Å². The van der Waals surface area contributed by atoms with Gasteiger partial charge in [-0.3, -0.25) is 4.98 Å². The van der Waals surface area contributed by atoms with Gasteiger partial charge < -0.3 is 0 Å². The summed E-state index contributed by atoms with van der Waals surface area (Å²) in [4.78, 5) is 4.18. The van der Waals surface area contributed by atoms with Gasteiger partial charge in [0.2, 0.25) is 0 Å². The van der Waals surface area contributed by atoms with Crippen LogP contribution in [0.3, 0.4) is 0 Å². The van der Waals surface area contributed by atoms with Gasteiger partial charge in [0.25, 0.3) is 0 Å². The summed E-state index contributed by atoms with van der Waals surface area (Å²) >= 11 is 5.19. The van der Waals surface area contributed by atoms with E-state index in [0.717, 1.165) is 17.8 Å². The van der Waals surface area contributed by atoms with E-state index in [1.165, 1.54) is 5.39 Å². The third kappa shape index (κ3) is 3.35. The van der Waals surface area contributed by atoms with Gasteiger partial charge in [-0.05, 0) is 18.6 Å². The van der Waals surface area contributed by atoms with Crippen molar-refractivity contribution in [3.05, 3.63) is 42.6 Å². The molecule has 0 saturated heterocycles. The molecule has 0 aliphatic carbocycles. The number of benzene rings is 1. The Bertz CT molecular complexity index is 306. The quantitative estimate of drug-likeness (QED) is 0.647. The minimum atomic E-state index is 0.792. The van der Waals surface area contributed by atoms with Crippen LogP contribution in [0, 0.1) is 0 Å². The Labute approximate surface area is 89.7 Å². The Morgan fingerprint density at radius 2 is 1.79 bits per heavy atom. The molecule has 0 N–H and O–H groups in total. The molecular formula is C12H14ClN. The zero-order valence-corrected chi connectivity index (χ0v) is 9.04. The Morgan fingerprint density at radius 1 is 1.14 bits per heavy atom. The van der Waals surface area contributed by atoms with Crippen molar-refractivity contribution in [1.82, 2.24) is 4.98 Å². The highest BCUT2D eigenvalue weighted by Gasteiger charge is 1.86. The van der Waals surface area contributed by atoms with E-state index >= 15 is 0 Å². The minimum absolute atomic E-state index is 0.792. The highest BCUT2D eigenvalue weighted by Crippen LogP contribution is 2.07. The normalized spacial score (nSPS) is 9.29. The number of halogens is 1. The van der Waals surface area contributed by atoms with E-state index in [1.807, 2.05) is 37.4 Å². The third-order valence-corrected chi connectivity index (χ3v) is 2.08. The van der Waals surface area contributed by atoms with Crippen LogP contribution in [0.4, 0.5) is 0 Å². The maximum Gasteiger partial charge on any atom is 0.0701 e. The molecule has 0 atom stereocenters. The van der Waals surface area contributed by atoms with Gasteiger partial charge in [-0.25, -0.2) is 0 Å². The molecular weight excluding hydrogens is 194 g/mol. The first-order chi connectivity index (χ1) is 6.88. The van der Waals surface area contributed by atoms with Crippen LogP contribution in [-0.4, -0.2) is 10.9 Å². The van der Waals surface area contributed by atoms with Crippen LogP contribution in [0.15, 0.2) is 42.6 Å². The maximum absolute atomic E-state index is 5.19. The summed E-state index contributed by atoms with van der Waals surface area (Å²) in [5.74, 6) is 0.792. The van der Waals surface area contributed by atoms with Gasteiger partial charge in [-0.2, -0.15) is 0 Å². The zero-order valence-electron chi connectivity index (χ0n) is 8.28. The van der Waals surface area contributed by atoms with Gasteiger partial charge in [-0.15, -0.1) is 11.6 Å². The van der Waals surface area contributed by atoms with Crippen molar-refractivity contribution < 1.29 is 0 Å². The second-order valence-corrected chi connectivity index (χ2v) is 3.26. The SMILES string of the molecule is CCCCl.c1ccc2ncccc2c1. The summed E-state index contributed by atoms with van der Waals surface area (Å²) in [6.07, 6.45) is 2.89. The molecule has 1 aromatic carbocycles. The number of aromatic nitrogens is 1. The first-order valence-corrected chi connectivity index (χ1v) is 5.27. The standard InChI is InChI=1S/C9H7N.C3H7Cl/c1-2-6-9-8(4-1)5-3-7-10-9;1-2-3-4/h1-7H;2-3H2,1H3. The molecule has 0 unspecified atom stereocenters. The smallest absolute Gasteiger partial charge is 0.0701 e. The van der Waals surface area contributed by atoms with Crippen LogP contribution in [0.2, 0.25) is 0 Å². The van der Waals surface area contributed by atoms with Crippen molar-refractivity contribution in [3.63, 3.8) is 0 Å². The van der Waals surface area contributed by atoms with Crippen LogP contribution < -0.4 is 0 Å². The molecule has 1 nitrogen and oxygen atoms in total. The van der Waals surface area contributed by atoms with Gasteiger partial charge in [0.15, 0.2) is 0 Å². The van der Waals surface area contributed by atoms with Crippen LogP contribution in [0.5, 0.6) is 0 Å². The molecule has 1 aromatic heterocycles. The Morgan fingerprint density at radius 3 is 2.43 bits per heavy atom. The molecule has 0 fully saturated rings. The van der Waals surface area contributed by atoms with E-state index in [2.05, 4.69) is 17.1 Å². The lowest BCUT2D eigenvalue weighted by Crippen LogP contribution is -1.73. The Kier molecular flexibility index (Phi) is 5.02. The summed E-state index contributed by atoms with van der Waals surface area (Å²) in [5.41, 5.74) is 1.06. The van der Waals surface area contributed by atoms with Gasteiger partial charge in [0.05, 0.1) is 5.52 Å². The Hall–Kier alpha value is -1.08. The topological polar surface area (TPSA) is 12.9 Å². The highest BCUT2D eigenvalue weighted by atomic mass is 35.5. The van der Waals surface area contributed by atoms with Crippen LogP contribution in [0.25, 0.3) is 10.9 Å². The number of hydrogen-bond acceptors (Lipinski definition) is 1. The predicted octanol–water partition coefficient (Wildman–Crippen LogP) is 3.87. The minimum Gasteiger partial charge on any atom is -0.256 e. The fraction of sp³-hybridized carbons (Fsp3) is 0.250. The summed E-state index contributed by atoms with van der Waals surface area (Å²) in [6.45, 7) is 2.05. The second kappa shape index (κ2) is 6.39. The van der Waals surface area contributed by atoms with Gasteiger partial charge in [0, 0.05) is 17.5 Å². The van der Waals surface area contributed by atoms with E-state index < -0.39 is 0 Å². The van der Waals surface area contributed by atoms with Crippen molar-refractivity contribution in [2.75, 3.05) is 5.88 Å². The molecule has 0 radical (unpaired) electrons. The first kappa shape index (κ1) is 11.0. The molecule has 0 aliphatic heterocycles. The number of para-hydroxylation sites is 1. The number of hydrogen-bond donors (Lipinski definition) is 0. The first-order valence-electron chi connectivity index (χ1n) is 4.74. The molecule has 0 saturated carbocycles. The van der Waals surface area contributed by atoms with Crippen LogP contribution in [0.1, 0.15) is 13.3 Å². The van der Waals surface area contributed by atoms with Crippen molar-refractivity contribution in [2.24, 2.45) is 0 Å². The molecule has 0 amide bonds. The summed E-state index contributed by atoms with van der Waals surface area (Å²) < 4.78 is 0. The predicted molar refractivity (Wildman–Crippen MR) is 62.8 cm³/mol. The van der Waals surface area contributed by atoms with Gasteiger partial charge in [0.1, 0.15) is 0 Å². The average molecular weight is 208 g/mol. The Balaban J connectivity index is 0.000000213. The summed E-state index contributed by atoms with van der Waals surface area (Å²) in [5, 5.41) is 1.20. The van der Waals surface area contributed by atoms with E-state index in [4.69, 9.17) is 11.6 Å². The average Bonchev–Trinajstić information content (AvgIpc) is 2.30. The number of alkyl halides is 1. The zero-order chi connectivity index (χ0) is 10.2. The lowest BCUT2D eigenvalue weighted by Gasteiger charge is -1.91. The molecule has 2 aromatic rings. The van der Waals surface area contributed by atoms with Crippen LogP contribution >= 0.6 is 11.6 Å². The second-order valence-electron chi connectivity index (χ2n) is 2.89. The van der Waals surface area contributed by atoms with Crippen LogP contribution in [-0.2, 0) is 0 Å². The molecule has 0 aliphatic rings. The molecule has 2 rings (SSSR count). The number of fused-ring (bicyclic) bond motifs is 1. The van der Waals surface area contributed by atoms with Crippen molar-refractivity contribution in [1.29, 1.82) is 0 Å². The molecule has 0 bridgehead atoms. The highest BCUT2D eigenvalue weighted by molar-refractivity contribution is 6.17. The van der Waals surface area contributed by atoms with Crippen molar-refractivity contribution >= 4 is 22.5 Å². The fourth-order valence-corrected chi connectivity index (χ4v) is 1.02. The summed E-state index contributed by atoms with van der Waals surface area (Å²) in [7, 11) is 0. The largest absolute Gasteiger partial charge is 0.256 e. The van der Waals surface area contributed by atoms with E-state index in [9.17, 15) is 0 Å². The molecule has 74 valence electrons. The summed E-state index contributed by atoms with van der Waals surface area (Å²) in [6, 6.07) is 12.1.